The first kappa shape index (κ1) is 16.2. The molecule has 0 spiro atoms. The molecule has 0 radical (unpaired) electrons. The van der Waals surface area contributed by atoms with E-state index in [1.807, 2.05) is 0 Å². The van der Waals surface area contributed by atoms with Crippen LogP contribution in [0.25, 0.3) is 0 Å². The summed E-state index contributed by atoms with van der Waals surface area (Å²) in [5.74, 6) is -1.84. The number of hydrogen-bond acceptors (Lipinski definition) is 6. The van der Waals surface area contributed by atoms with Crippen molar-refractivity contribution in [2.75, 3.05) is 17.2 Å². The smallest absolute Gasteiger partial charge is 0.340 e. The number of ether oxygens (including phenoxy) is 1. The van der Waals surface area contributed by atoms with Crippen molar-refractivity contribution < 1.29 is 23.6 Å². The van der Waals surface area contributed by atoms with E-state index < -0.39 is 17.8 Å². The van der Waals surface area contributed by atoms with Crippen LogP contribution in [0.1, 0.15) is 23.0 Å². The Morgan fingerprint density at radius 2 is 1.87 bits per heavy atom. The van der Waals surface area contributed by atoms with Crippen molar-refractivity contribution in [3.05, 3.63) is 41.7 Å². The van der Waals surface area contributed by atoms with Gasteiger partial charge in [-0.15, -0.1) is 0 Å². The van der Waals surface area contributed by atoms with E-state index in [0.29, 0.717) is 5.76 Å². The third kappa shape index (κ3) is 4.16. The molecule has 2 rings (SSSR count). The second-order valence-corrected chi connectivity index (χ2v) is 4.50. The van der Waals surface area contributed by atoms with Crippen molar-refractivity contribution in [2.24, 2.45) is 0 Å². The summed E-state index contributed by atoms with van der Waals surface area (Å²) in [5, 5.41) is 8.21. The van der Waals surface area contributed by atoms with Gasteiger partial charge in [0.2, 0.25) is 0 Å². The van der Waals surface area contributed by atoms with Gasteiger partial charge in [0.05, 0.1) is 17.9 Å². The number of carbonyl (C=O) groups is 3. The van der Waals surface area contributed by atoms with Gasteiger partial charge in [0.25, 0.3) is 0 Å². The number of benzene rings is 1. The molecular formula is C15H15N3O5. The first-order valence-electron chi connectivity index (χ1n) is 6.83. The van der Waals surface area contributed by atoms with Crippen LogP contribution in [0.2, 0.25) is 0 Å². The third-order valence-electron chi connectivity index (χ3n) is 2.75. The van der Waals surface area contributed by atoms with E-state index in [1.54, 1.807) is 26.0 Å². The van der Waals surface area contributed by atoms with Crippen LogP contribution in [0.3, 0.4) is 0 Å². The summed E-state index contributed by atoms with van der Waals surface area (Å²) in [7, 11) is 0. The summed E-state index contributed by atoms with van der Waals surface area (Å²) >= 11 is 0. The monoisotopic (exact) mass is 317 g/mol. The third-order valence-corrected chi connectivity index (χ3v) is 2.75. The molecule has 8 nitrogen and oxygen atoms in total. The molecule has 120 valence electrons. The van der Waals surface area contributed by atoms with Gasteiger partial charge in [-0.25, -0.2) is 4.79 Å². The normalized spacial score (nSPS) is 10.0. The molecule has 0 aliphatic carbocycles. The van der Waals surface area contributed by atoms with Crippen LogP contribution in [0.15, 0.2) is 34.9 Å². The Hall–Kier alpha value is -3.16. The Morgan fingerprint density at radius 1 is 1.17 bits per heavy atom. The zero-order valence-corrected chi connectivity index (χ0v) is 12.6. The van der Waals surface area contributed by atoms with E-state index in [9.17, 15) is 14.4 Å². The van der Waals surface area contributed by atoms with Crippen LogP contribution in [0.4, 0.5) is 11.5 Å². The Morgan fingerprint density at radius 3 is 2.52 bits per heavy atom. The van der Waals surface area contributed by atoms with Crippen molar-refractivity contribution in [1.82, 2.24) is 5.16 Å². The van der Waals surface area contributed by atoms with Gasteiger partial charge in [0.1, 0.15) is 5.76 Å². The van der Waals surface area contributed by atoms with Gasteiger partial charge in [-0.05, 0) is 26.0 Å². The number of aryl methyl sites for hydroxylation is 1. The molecule has 0 saturated carbocycles. The summed E-state index contributed by atoms with van der Waals surface area (Å²) in [6.45, 7) is 3.53. The number of para-hydroxylation sites is 1. The van der Waals surface area contributed by atoms with Crippen LogP contribution in [0, 0.1) is 6.92 Å². The summed E-state index contributed by atoms with van der Waals surface area (Å²) in [5.41, 5.74) is 0.343. The fourth-order valence-corrected chi connectivity index (χ4v) is 1.76. The summed E-state index contributed by atoms with van der Waals surface area (Å²) in [4.78, 5) is 35.5. The minimum atomic E-state index is -0.942. The van der Waals surface area contributed by atoms with Gasteiger partial charge < -0.3 is 14.6 Å². The number of carbonyl (C=O) groups excluding carboxylic acids is 3. The Bertz CT molecular complexity index is 738. The fraction of sp³-hybridized carbons (Fsp3) is 0.200. The van der Waals surface area contributed by atoms with Gasteiger partial charge in [-0.3, -0.25) is 14.9 Å². The first-order chi connectivity index (χ1) is 11.0. The Balaban J connectivity index is 2.08. The zero-order chi connectivity index (χ0) is 16.8. The van der Waals surface area contributed by atoms with Crippen molar-refractivity contribution in [1.29, 1.82) is 0 Å². The number of esters is 1. The zero-order valence-electron chi connectivity index (χ0n) is 12.6. The van der Waals surface area contributed by atoms with Crippen LogP contribution in [-0.4, -0.2) is 29.5 Å². The van der Waals surface area contributed by atoms with Crippen molar-refractivity contribution in [2.45, 2.75) is 13.8 Å². The van der Waals surface area contributed by atoms with Crippen LogP contribution < -0.4 is 10.6 Å². The average Bonchev–Trinajstić information content (AvgIpc) is 2.93. The highest BCUT2D eigenvalue weighted by molar-refractivity contribution is 6.43. The molecule has 1 aromatic carbocycles. The number of amides is 2. The molecule has 1 heterocycles. The molecule has 0 aliphatic heterocycles. The molecule has 0 fully saturated rings. The predicted octanol–water partition coefficient (Wildman–Crippen LogP) is 1.74. The Kier molecular flexibility index (Phi) is 5.08. The lowest BCUT2D eigenvalue weighted by molar-refractivity contribution is -0.133. The van der Waals surface area contributed by atoms with Gasteiger partial charge >= 0.3 is 17.8 Å². The second-order valence-electron chi connectivity index (χ2n) is 4.50. The molecule has 0 saturated heterocycles. The minimum Gasteiger partial charge on any atom is -0.462 e. The summed E-state index contributed by atoms with van der Waals surface area (Å²) < 4.78 is 9.68. The van der Waals surface area contributed by atoms with Gasteiger partial charge in [-0.1, -0.05) is 17.3 Å². The summed E-state index contributed by atoms with van der Waals surface area (Å²) in [6.07, 6.45) is 0. The molecule has 2 aromatic rings. The highest BCUT2D eigenvalue weighted by Crippen LogP contribution is 2.16. The highest BCUT2D eigenvalue weighted by Gasteiger charge is 2.19. The van der Waals surface area contributed by atoms with Crippen LogP contribution in [-0.2, 0) is 14.3 Å². The molecular weight excluding hydrogens is 302 g/mol. The maximum atomic E-state index is 11.9. The van der Waals surface area contributed by atoms with Crippen molar-refractivity contribution in [3.8, 4) is 0 Å². The molecule has 1 aromatic heterocycles. The second kappa shape index (κ2) is 7.21. The molecule has 0 bridgehead atoms. The lowest BCUT2D eigenvalue weighted by Gasteiger charge is -2.09. The van der Waals surface area contributed by atoms with Gasteiger partial charge in [0.15, 0.2) is 5.82 Å². The number of rotatable bonds is 4. The quantitative estimate of drug-likeness (QED) is 0.656. The molecule has 0 unspecified atom stereocenters. The topological polar surface area (TPSA) is 111 Å². The molecule has 0 aliphatic rings. The van der Waals surface area contributed by atoms with Gasteiger partial charge in [-0.2, -0.15) is 0 Å². The molecule has 2 N–H and O–H groups in total. The number of aromatic nitrogens is 1. The molecule has 0 atom stereocenters. The Labute approximate surface area is 131 Å². The van der Waals surface area contributed by atoms with E-state index in [4.69, 9.17) is 9.26 Å². The van der Waals surface area contributed by atoms with E-state index in [-0.39, 0.29) is 23.7 Å². The number of anilines is 2. The predicted molar refractivity (Wildman–Crippen MR) is 80.9 cm³/mol. The molecule has 23 heavy (non-hydrogen) atoms. The molecule has 8 heteroatoms. The largest absolute Gasteiger partial charge is 0.462 e. The van der Waals surface area contributed by atoms with Crippen molar-refractivity contribution >= 4 is 29.3 Å². The van der Waals surface area contributed by atoms with E-state index in [1.165, 1.54) is 18.2 Å². The number of nitrogens with one attached hydrogen (secondary N) is 2. The fourth-order valence-electron chi connectivity index (χ4n) is 1.76. The van der Waals surface area contributed by atoms with Crippen molar-refractivity contribution in [3.63, 3.8) is 0 Å². The van der Waals surface area contributed by atoms with Gasteiger partial charge in [0, 0.05) is 6.07 Å². The lowest BCUT2D eigenvalue weighted by Crippen LogP contribution is -2.29. The molecule has 2 amide bonds. The van der Waals surface area contributed by atoms with E-state index in [2.05, 4.69) is 15.8 Å². The van der Waals surface area contributed by atoms with Crippen LogP contribution >= 0.6 is 0 Å². The van der Waals surface area contributed by atoms with E-state index in [0.717, 1.165) is 0 Å². The SMILES string of the molecule is CCOC(=O)c1ccccc1NC(=O)C(=O)Nc1cc(C)on1. The number of nitrogens with zero attached hydrogens (tertiary/aromatic N) is 1. The van der Waals surface area contributed by atoms with Crippen LogP contribution in [0.5, 0.6) is 0 Å². The minimum absolute atomic E-state index is 0.126. The van der Waals surface area contributed by atoms with E-state index >= 15 is 0 Å². The number of hydrogen-bond donors (Lipinski definition) is 2. The maximum absolute atomic E-state index is 11.9. The standard InChI is InChI=1S/C15H15N3O5/c1-3-22-15(21)10-6-4-5-7-11(10)16-13(19)14(20)17-12-8-9(2)23-18-12/h4-8H,3H2,1-2H3,(H,16,19)(H,17,18,20). The highest BCUT2D eigenvalue weighted by atomic mass is 16.5. The first-order valence-corrected chi connectivity index (χ1v) is 6.83. The maximum Gasteiger partial charge on any atom is 0.340 e. The average molecular weight is 317 g/mol. The lowest BCUT2D eigenvalue weighted by atomic mass is 10.2. The summed E-state index contributed by atoms with van der Waals surface area (Å²) in [6, 6.07) is 7.71.